The van der Waals surface area contributed by atoms with Crippen molar-refractivity contribution < 1.29 is 9.53 Å². The highest BCUT2D eigenvalue weighted by Crippen LogP contribution is 2.62. The van der Waals surface area contributed by atoms with Crippen LogP contribution in [0.2, 0.25) is 0 Å². The Bertz CT molecular complexity index is 334. The molecule has 3 N–H and O–H groups in total. The van der Waals surface area contributed by atoms with E-state index in [4.69, 9.17) is 10.5 Å². The molecular formula is C14H26N2O2. The molecule has 0 aliphatic heterocycles. The fraction of sp³-hybridized carbons (Fsp3) is 0.929. The van der Waals surface area contributed by atoms with Crippen LogP contribution in [-0.4, -0.2) is 31.7 Å². The van der Waals surface area contributed by atoms with Gasteiger partial charge < -0.3 is 15.8 Å². The summed E-state index contributed by atoms with van der Waals surface area (Å²) in [5.74, 6) is 0.665. The normalized spacial score (nSPS) is 38.7. The van der Waals surface area contributed by atoms with Gasteiger partial charge in [-0.1, -0.05) is 20.8 Å². The van der Waals surface area contributed by atoms with Gasteiger partial charge in [0.2, 0.25) is 0 Å². The van der Waals surface area contributed by atoms with Crippen molar-refractivity contribution >= 4 is 5.91 Å². The predicted molar refractivity (Wildman–Crippen MR) is 71.0 cm³/mol. The third kappa shape index (κ3) is 1.95. The molecule has 2 aliphatic carbocycles. The molecule has 0 aromatic rings. The first-order valence-corrected chi connectivity index (χ1v) is 6.88. The Morgan fingerprint density at radius 3 is 2.61 bits per heavy atom. The summed E-state index contributed by atoms with van der Waals surface area (Å²) in [6.45, 7) is 7.08. The molecule has 2 bridgehead atoms. The largest absolute Gasteiger partial charge is 0.370 e. The molecule has 2 saturated carbocycles. The summed E-state index contributed by atoms with van der Waals surface area (Å²) in [5, 5.41) is 3.20. The maximum atomic E-state index is 12.2. The molecule has 0 spiro atoms. The van der Waals surface area contributed by atoms with Gasteiger partial charge in [0.1, 0.15) is 6.10 Å². The van der Waals surface area contributed by atoms with Crippen LogP contribution in [0.4, 0.5) is 0 Å². The SMILES string of the molecule is COC(CN)C(=O)NC1C2(C)CCC(C2)C1(C)C. The Kier molecular flexibility index (Phi) is 3.45. The van der Waals surface area contributed by atoms with Gasteiger partial charge in [0, 0.05) is 19.7 Å². The van der Waals surface area contributed by atoms with Crippen molar-refractivity contribution in [2.75, 3.05) is 13.7 Å². The molecule has 18 heavy (non-hydrogen) atoms. The second kappa shape index (κ2) is 4.49. The number of nitrogens with one attached hydrogen (secondary N) is 1. The molecule has 4 atom stereocenters. The zero-order chi connectivity index (χ0) is 13.6. The molecule has 0 saturated heterocycles. The molecule has 2 fully saturated rings. The van der Waals surface area contributed by atoms with Crippen molar-refractivity contribution in [1.82, 2.24) is 5.32 Å². The number of rotatable bonds is 4. The average molecular weight is 254 g/mol. The zero-order valence-corrected chi connectivity index (χ0v) is 12.0. The lowest BCUT2D eigenvalue weighted by Crippen LogP contribution is -2.55. The van der Waals surface area contributed by atoms with E-state index in [0.29, 0.717) is 0 Å². The highest BCUT2D eigenvalue weighted by atomic mass is 16.5. The number of fused-ring (bicyclic) bond motifs is 2. The molecule has 2 aliphatic rings. The lowest BCUT2D eigenvalue weighted by atomic mass is 9.68. The van der Waals surface area contributed by atoms with Crippen LogP contribution in [0.1, 0.15) is 40.0 Å². The van der Waals surface area contributed by atoms with E-state index in [2.05, 4.69) is 26.1 Å². The van der Waals surface area contributed by atoms with Gasteiger partial charge in [0.05, 0.1) is 0 Å². The third-order valence-electron chi connectivity index (χ3n) is 5.35. The van der Waals surface area contributed by atoms with E-state index in [1.165, 1.54) is 26.4 Å². The molecule has 0 radical (unpaired) electrons. The minimum absolute atomic E-state index is 0.0631. The minimum atomic E-state index is -0.525. The first kappa shape index (κ1) is 13.8. The van der Waals surface area contributed by atoms with Gasteiger partial charge in [-0.15, -0.1) is 0 Å². The van der Waals surface area contributed by atoms with Gasteiger partial charge in [-0.3, -0.25) is 4.79 Å². The second-order valence-electron chi connectivity index (χ2n) is 6.82. The Labute approximate surface area is 110 Å². The number of carbonyl (C=O) groups excluding carboxylic acids is 1. The highest BCUT2D eigenvalue weighted by Gasteiger charge is 2.59. The third-order valence-corrected chi connectivity index (χ3v) is 5.35. The van der Waals surface area contributed by atoms with Crippen LogP contribution < -0.4 is 11.1 Å². The topological polar surface area (TPSA) is 64.3 Å². The van der Waals surface area contributed by atoms with E-state index in [1.54, 1.807) is 0 Å². The van der Waals surface area contributed by atoms with Crippen molar-refractivity contribution in [3.05, 3.63) is 0 Å². The highest BCUT2D eigenvalue weighted by molar-refractivity contribution is 5.81. The van der Waals surface area contributed by atoms with Crippen LogP contribution in [0, 0.1) is 16.7 Å². The number of amides is 1. The number of carbonyl (C=O) groups is 1. The molecule has 1 amide bonds. The summed E-state index contributed by atoms with van der Waals surface area (Å²) in [5.41, 5.74) is 5.97. The summed E-state index contributed by atoms with van der Waals surface area (Å²) in [4.78, 5) is 12.2. The van der Waals surface area contributed by atoms with Crippen LogP contribution in [0.3, 0.4) is 0 Å². The molecule has 4 unspecified atom stereocenters. The lowest BCUT2D eigenvalue weighted by molar-refractivity contribution is -0.133. The van der Waals surface area contributed by atoms with E-state index in [9.17, 15) is 4.79 Å². The lowest BCUT2D eigenvalue weighted by Gasteiger charge is -2.43. The Morgan fingerprint density at radius 1 is 1.50 bits per heavy atom. The molecule has 2 rings (SSSR count). The number of hydrogen-bond acceptors (Lipinski definition) is 3. The summed E-state index contributed by atoms with van der Waals surface area (Å²) in [7, 11) is 1.53. The van der Waals surface area contributed by atoms with Gasteiger partial charge in [0.25, 0.3) is 5.91 Å². The van der Waals surface area contributed by atoms with E-state index in [1.807, 2.05) is 0 Å². The number of hydrogen-bond donors (Lipinski definition) is 2. The molecule has 0 heterocycles. The standard InChI is InChI=1S/C14H26N2O2/c1-13(2)9-5-6-14(3,7-9)12(13)16-11(17)10(8-15)18-4/h9-10,12H,5-8,15H2,1-4H3,(H,16,17). The molecular weight excluding hydrogens is 228 g/mol. The van der Waals surface area contributed by atoms with Crippen molar-refractivity contribution in [2.24, 2.45) is 22.5 Å². The minimum Gasteiger partial charge on any atom is -0.370 e. The van der Waals surface area contributed by atoms with Gasteiger partial charge in [0.15, 0.2) is 0 Å². The van der Waals surface area contributed by atoms with E-state index >= 15 is 0 Å². The quantitative estimate of drug-likeness (QED) is 0.794. The first-order valence-electron chi connectivity index (χ1n) is 6.88. The van der Waals surface area contributed by atoms with Crippen molar-refractivity contribution in [2.45, 2.75) is 52.2 Å². The fourth-order valence-electron chi connectivity index (χ4n) is 4.21. The smallest absolute Gasteiger partial charge is 0.250 e. The molecule has 104 valence electrons. The van der Waals surface area contributed by atoms with Crippen molar-refractivity contribution in [1.29, 1.82) is 0 Å². The van der Waals surface area contributed by atoms with Gasteiger partial charge in [-0.2, -0.15) is 0 Å². The Morgan fingerprint density at radius 2 is 2.17 bits per heavy atom. The molecule has 0 aromatic carbocycles. The van der Waals surface area contributed by atoms with Crippen LogP contribution in [0.5, 0.6) is 0 Å². The van der Waals surface area contributed by atoms with Crippen LogP contribution in [0.15, 0.2) is 0 Å². The summed E-state index contributed by atoms with van der Waals surface area (Å²) < 4.78 is 5.12. The Balaban J connectivity index is 2.11. The predicted octanol–water partition coefficient (Wildman–Crippen LogP) is 1.29. The second-order valence-corrected chi connectivity index (χ2v) is 6.82. The van der Waals surface area contributed by atoms with Crippen LogP contribution >= 0.6 is 0 Å². The number of methoxy groups -OCH3 is 1. The van der Waals surface area contributed by atoms with Crippen molar-refractivity contribution in [3.63, 3.8) is 0 Å². The van der Waals surface area contributed by atoms with E-state index in [0.717, 1.165) is 5.92 Å². The number of ether oxygens (including phenoxy) is 1. The monoisotopic (exact) mass is 254 g/mol. The molecule has 0 aromatic heterocycles. The average Bonchev–Trinajstić information content (AvgIpc) is 2.77. The van der Waals surface area contributed by atoms with Crippen LogP contribution in [0.25, 0.3) is 0 Å². The van der Waals surface area contributed by atoms with Crippen LogP contribution in [-0.2, 0) is 9.53 Å². The maximum absolute atomic E-state index is 12.2. The summed E-state index contributed by atoms with van der Waals surface area (Å²) >= 11 is 0. The summed E-state index contributed by atoms with van der Waals surface area (Å²) in [6.07, 6.45) is 3.21. The van der Waals surface area contributed by atoms with E-state index in [-0.39, 0.29) is 29.3 Å². The van der Waals surface area contributed by atoms with Crippen molar-refractivity contribution in [3.8, 4) is 0 Å². The molecule has 4 nitrogen and oxygen atoms in total. The zero-order valence-electron chi connectivity index (χ0n) is 12.0. The van der Waals surface area contributed by atoms with Gasteiger partial charge in [-0.05, 0) is 36.0 Å². The fourth-order valence-corrected chi connectivity index (χ4v) is 4.21. The van der Waals surface area contributed by atoms with Gasteiger partial charge >= 0.3 is 0 Å². The summed E-state index contributed by atoms with van der Waals surface area (Å²) in [6, 6.07) is 0.237. The van der Waals surface area contributed by atoms with E-state index < -0.39 is 6.10 Å². The number of nitrogens with two attached hydrogens (primary N) is 1. The molecule has 4 heteroatoms. The van der Waals surface area contributed by atoms with Gasteiger partial charge in [-0.25, -0.2) is 0 Å². The Hall–Kier alpha value is -0.610. The first-order chi connectivity index (χ1) is 8.35. The maximum Gasteiger partial charge on any atom is 0.250 e.